The summed E-state index contributed by atoms with van der Waals surface area (Å²) in [6.45, 7) is 3.93. The summed E-state index contributed by atoms with van der Waals surface area (Å²) in [5, 5.41) is -0.346. The molecule has 0 aromatic heterocycles. The van der Waals surface area contributed by atoms with Gasteiger partial charge >= 0.3 is 0 Å². The second-order valence-corrected chi connectivity index (χ2v) is 4.49. The third-order valence-corrected chi connectivity index (χ3v) is 3.35. The average Bonchev–Trinajstić information content (AvgIpc) is 2.02. The lowest BCUT2D eigenvalue weighted by Gasteiger charge is -2.19. The van der Waals surface area contributed by atoms with Crippen molar-refractivity contribution >= 4 is 33.7 Å². The van der Waals surface area contributed by atoms with Crippen molar-refractivity contribution in [2.75, 3.05) is 0 Å². The van der Waals surface area contributed by atoms with Gasteiger partial charge in [-0.3, -0.25) is 9.59 Å². The summed E-state index contributed by atoms with van der Waals surface area (Å²) in [6.07, 6.45) is 4.94. The highest BCUT2D eigenvalue weighted by atomic mass is 35.5. The van der Waals surface area contributed by atoms with E-state index in [1.807, 2.05) is 13.8 Å². The molecular weight excluding hydrogens is 235 g/mol. The quantitative estimate of drug-likeness (QED) is 0.715. The Hall–Kier alpha value is -0.0800. The zero-order valence-corrected chi connectivity index (χ0v) is 10.8. The van der Waals surface area contributed by atoms with Crippen LogP contribution in [-0.4, -0.2) is 10.5 Å². The van der Waals surface area contributed by atoms with E-state index in [-0.39, 0.29) is 22.3 Å². The van der Waals surface area contributed by atoms with E-state index in [2.05, 4.69) is 0 Å². The van der Waals surface area contributed by atoms with Crippen molar-refractivity contribution in [3.05, 3.63) is 0 Å². The molecule has 1 rings (SSSR count). The molecule has 15 heavy (non-hydrogen) atoms. The zero-order valence-electron chi connectivity index (χ0n) is 9.26. The van der Waals surface area contributed by atoms with Crippen LogP contribution in [0.4, 0.5) is 0 Å². The SMILES string of the molecule is CCC(CC)C(=O)Cl.O=C(Cl)C1CCC1. The first kappa shape index (κ1) is 14.9. The van der Waals surface area contributed by atoms with Gasteiger partial charge < -0.3 is 0 Å². The van der Waals surface area contributed by atoms with Crippen molar-refractivity contribution in [1.29, 1.82) is 0 Å². The van der Waals surface area contributed by atoms with E-state index >= 15 is 0 Å². The van der Waals surface area contributed by atoms with Gasteiger partial charge in [-0.05, 0) is 48.9 Å². The van der Waals surface area contributed by atoms with Gasteiger partial charge in [0.2, 0.25) is 10.5 Å². The monoisotopic (exact) mass is 252 g/mol. The van der Waals surface area contributed by atoms with Gasteiger partial charge in [0.05, 0.1) is 0 Å². The van der Waals surface area contributed by atoms with Gasteiger partial charge in [-0.25, -0.2) is 0 Å². The molecule has 1 fully saturated rings. The molecule has 0 heterocycles. The molecule has 1 aliphatic carbocycles. The Morgan fingerprint density at radius 3 is 1.67 bits per heavy atom. The van der Waals surface area contributed by atoms with Crippen LogP contribution in [-0.2, 0) is 9.59 Å². The maximum Gasteiger partial charge on any atom is 0.224 e. The lowest BCUT2D eigenvalue weighted by atomic mass is 9.87. The van der Waals surface area contributed by atoms with E-state index in [0.29, 0.717) is 0 Å². The first-order chi connectivity index (χ1) is 7.02. The number of carbonyl (C=O) groups is 2. The fraction of sp³-hybridized carbons (Fsp3) is 0.818. The average molecular weight is 253 g/mol. The van der Waals surface area contributed by atoms with E-state index < -0.39 is 0 Å². The summed E-state index contributed by atoms with van der Waals surface area (Å²) in [6, 6.07) is 0. The van der Waals surface area contributed by atoms with E-state index in [1.54, 1.807) is 0 Å². The highest BCUT2D eigenvalue weighted by Crippen LogP contribution is 2.27. The van der Waals surface area contributed by atoms with Crippen LogP contribution >= 0.6 is 23.2 Å². The fourth-order valence-electron chi connectivity index (χ4n) is 1.24. The normalized spacial score (nSPS) is 15.3. The zero-order chi connectivity index (χ0) is 11.8. The summed E-state index contributed by atoms with van der Waals surface area (Å²) < 4.78 is 0. The molecule has 1 saturated carbocycles. The van der Waals surface area contributed by atoms with Crippen LogP contribution in [0, 0.1) is 11.8 Å². The van der Waals surface area contributed by atoms with Crippen LogP contribution in [0.5, 0.6) is 0 Å². The number of carbonyl (C=O) groups excluding carboxylic acids is 2. The van der Waals surface area contributed by atoms with Crippen LogP contribution in [0.1, 0.15) is 46.0 Å². The molecule has 0 spiro atoms. The maximum absolute atomic E-state index is 10.4. The molecule has 0 unspecified atom stereocenters. The summed E-state index contributed by atoms with van der Waals surface area (Å²) in [5.41, 5.74) is 0. The lowest BCUT2D eigenvalue weighted by molar-refractivity contribution is -0.117. The second kappa shape index (κ2) is 8.12. The molecule has 88 valence electrons. The second-order valence-electron chi connectivity index (χ2n) is 3.75. The van der Waals surface area contributed by atoms with Crippen LogP contribution in [0.25, 0.3) is 0 Å². The molecule has 2 nitrogen and oxygen atoms in total. The number of hydrogen-bond donors (Lipinski definition) is 0. The lowest BCUT2D eigenvalue weighted by Crippen LogP contribution is -2.16. The molecular formula is C11H18Cl2O2. The minimum absolute atomic E-state index is 0.0802. The highest BCUT2D eigenvalue weighted by molar-refractivity contribution is 6.64. The third-order valence-electron chi connectivity index (χ3n) is 2.73. The number of hydrogen-bond acceptors (Lipinski definition) is 2. The van der Waals surface area contributed by atoms with Crippen LogP contribution < -0.4 is 0 Å². The van der Waals surface area contributed by atoms with Gasteiger partial charge in [0.25, 0.3) is 0 Å². The van der Waals surface area contributed by atoms with E-state index in [9.17, 15) is 9.59 Å². The van der Waals surface area contributed by atoms with Crippen molar-refractivity contribution in [2.24, 2.45) is 11.8 Å². The number of halogens is 2. The summed E-state index contributed by atoms with van der Waals surface area (Å²) in [5.74, 6) is 0.290. The molecule has 0 saturated heterocycles. The van der Waals surface area contributed by atoms with Gasteiger partial charge in [-0.1, -0.05) is 20.3 Å². The molecule has 0 radical (unpaired) electrons. The molecule has 0 N–H and O–H groups in total. The summed E-state index contributed by atoms with van der Waals surface area (Å²) >= 11 is 10.3. The van der Waals surface area contributed by atoms with Gasteiger partial charge in [0.15, 0.2) is 0 Å². The van der Waals surface area contributed by atoms with E-state index in [4.69, 9.17) is 23.2 Å². The van der Waals surface area contributed by atoms with Gasteiger partial charge in [-0.2, -0.15) is 0 Å². The Kier molecular flexibility index (Phi) is 8.07. The smallest absolute Gasteiger partial charge is 0.224 e. The van der Waals surface area contributed by atoms with E-state index in [0.717, 1.165) is 25.7 Å². The molecule has 0 bridgehead atoms. The molecule has 0 atom stereocenters. The Morgan fingerprint density at radius 1 is 1.20 bits per heavy atom. The molecule has 0 amide bonds. The Bertz CT molecular complexity index is 209. The first-order valence-corrected chi connectivity index (χ1v) is 6.17. The predicted octanol–water partition coefficient (Wildman–Crippen LogP) is 3.74. The van der Waals surface area contributed by atoms with E-state index in [1.165, 1.54) is 6.42 Å². The fourth-order valence-corrected chi connectivity index (χ4v) is 1.77. The minimum Gasteiger partial charge on any atom is -0.281 e. The Morgan fingerprint density at radius 2 is 1.67 bits per heavy atom. The standard InChI is InChI=1S/C6H11ClO.C5H7ClO/c1-3-5(4-2)6(7)8;6-5(7)4-2-1-3-4/h5H,3-4H2,1-2H3;4H,1-3H2. The van der Waals surface area contributed by atoms with Gasteiger partial charge in [0.1, 0.15) is 0 Å². The minimum atomic E-state index is -0.199. The van der Waals surface area contributed by atoms with Crippen LogP contribution in [0.3, 0.4) is 0 Å². The van der Waals surface area contributed by atoms with Crippen LogP contribution in [0.2, 0.25) is 0 Å². The molecule has 0 aliphatic heterocycles. The van der Waals surface area contributed by atoms with Crippen molar-refractivity contribution in [1.82, 2.24) is 0 Å². The predicted molar refractivity (Wildman–Crippen MR) is 63.1 cm³/mol. The van der Waals surface area contributed by atoms with Crippen molar-refractivity contribution in [3.63, 3.8) is 0 Å². The van der Waals surface area contributed by atoms with Gasteiger partial charge in [-0.15, -0.1) is 0 Å². The molecule has 0 aromatic carbocycles. The molecule has 0 aromatic rings. The summed E-state index contributed by atoms with van der Waals surface area (Å²) in [4.78, 5) is 20.6. The maximum atomic E-state index is 10.4. The van der Waals surface area contributed by atoms with Crippen LogP contribution in [0.15, 0.2) is 0 Å². The Labute approximate surface area is 101 Å². The van der Waals surface area contributed by atoms with Gasteiger partial charge in [0, 0.05) is 11.8 Å². The third kappa shape index (κ3) is 6.16. The topological polar surface area (TPSA) is 34.1 Å². The Balaban J connectivity index is 0.000000262. The van der Waals surface area contributed by atoms with Crippen molar-refractivity contribution in [2.45, 2.75) is 46.0 Å². The molecule has 1 aliphatic rings. The molecule has 4 heteroatoms. The number of rotatable bonds is 4. The van der Waals surface area contributed by atoms with Crippen molar-refractivity contribution in [3.8, 4) is 0 Å². The first-order valence-electron chi connectivity index (χ1n) is 5.41. The van der Waals surface area contributed by atoms with Crippen molar-refractivity contribution < 1.29 is 9.59 Å². The highest BCUT2D eigenvalue weighted by Gasteiger charge is 2.22. The largest absolute Gasteiger partial charge is 0.281 e. The summed E-state index contributed by atoms with van der Waals surface area (Å²) in [7, 11) is 0.